The highest BCUT2D eigenvalue weighted by Crippen LogP contribution is 2.76. The second-order valence-corrected chi connectivity index (χ2v) is 13.9. The van der Waals surface area contributed by atoms with E-state index < -0.39 is 58.5 Å². The number of epoxide rings is 1. The Morgan fingerprint density at radius 1 is 1.07 bits per heavy atom. The number of ether oxygens (including phenoxy) is 5. The lowest BCUT2D eigenvalue weighted by Crippen LogP contribution is -2.75. The smallest absolute Gasteiger partial charge is 0.331 e. The van der Waals surface area contributed by atoms with Crippen molar-refractivity contribution in [2.24, 2.45) is 28.6 Å². The third kappa shape index (κ3) is 3.30. The van der Waals surface area contributed by atoms with Crippen molar-refractivity contribution in [1.82, 2.24) is 0 Å². The Bertz CT molecular complexity index is 1140. The fourth-order valence-electron chi connectivity index (χ4n) is 10.3. The number of cyclic esters (lactones) is 1. The Hall–Kier alpha value is -1.40. The van der Waals surface area contributed by atoms with Crippen LogP contribution in [-0.2, 0) is 33.3 Å². The van der Waals surface area contributed by atoms with E-state index in [0.29, 0.717) is 19.3 Å². The molecule has 1 spiro atoms. The topological polar surface area (TPSA) is 144 Å². The quantitative estimate of drug-likeness (QED) is 0.261. The van der Waals surface area contributed by atoms with Crippen LogP contribution in [0.3, 0.4) is 0 Å². The normalized spacial score (nSPS) is 56.9. The number of fused-ring (bicyclic) bond motifs is 3. The van der Waals surface area contributed by atoms with Gasteiger partial charge in [0.1, 0.15) is 30.0 Å². The number of Topliss-reactive ketones (excluding diaryl/α,β-unsaturated/α-hetero) is 1. The summed E-state index contributed by atoms with van der Waals surface area (Å²) in [6, 6.07) is 0. The van der Waals surface area contributed by atoms with E-state index in [4.69, 9.17) is 23.7 Å². The molecule has 0 radical (unpaired) electrons. The number of ketones is 1. The van der Waals surface area contributed by atoms with Gasteiger partial charge in [-0.2, -0.15) is 0 Å². The molecule has 40 heavy (non-hydrogen) atoms. The van der Waals surface area contributed by atoms with Crippen LogP contribution in [0.4, 0.5) is 0 Å². The first-order chi connectivity index (χ1) is 18.9. The van der Waals surface area contributed by atoms with E-state index in [1.54, 1.807) is 14.0 Å². The van der Waals surface area contributed by atoms with Gasteiger partial charge in [0.25, 0.3) is 0 Å². The average molecular weight is 563 g/mol. The van der Waals surface area contributed by atoms with Gasteiger partial charge in [0.15, 0.2) is 12.1 Å². The van der Waals surface area contributed by atoms with Crippen LogP contribution < -0.4 is 0 Å². The number of carbonyl (C=O) groups excluding carboxylic acids is 2. The first-order valence-electron chi connectivity index (χ1n) is 14.9. The van der Waals surface area contributed by atoms with E-state index in [-0.39, 0.29) is 42.5 Å². The van der Waals surface area contributed by atoms with Crippen LogP contribution >= 0.6 is 0 Å². The first kappa shape index (κ1) is 27.4. The highest BCUT2D eigenvalue weighted by atomic mass is 16.7. The van der Waals surface area contributed by atoms with Gasteiger partial charge in [-0.15, -0.1) is 0 Å². The maximum atomic E-state index is 14.2. The third-order valence-electron chi connectivity index (χ3n) is 12.4. The molecule has 2 saturated heterocycles. The summed E-state index contributed by atoms with van der Waals surface area (Å²) in [7, 11) is 1.58. The average Bonchev–Trinajstić information content (AvgIpc) is 3.36. The van der Waals surface area contributed by atoms with Crippen LogP contribution in [0.2, 0.25) is 0 Å². The monoisotopic (exact) mass is 562 g/mol. The summed E-state index contributed by atoms with van der Waals surface area (Å²) < 4.78 is 29.5. The highest BCUT2D eigenvalue weighted by Gasteiger charge is 2.88. The maximum Gasteiger partial charge on any atom is 0.331 e. The summed E-state index contributed by atoms with van der Waals surface area (Å²) in [5.41, 5.74) is -3.40. The van der Waals surface area contributed by atoms with Gasteiger partial charge in [0.2, 0.25) is 0 Å². The molecule has 222 valence electrons. The number of esters is 1. The van der Waals surface area contributed by atoms with Gasteiger partial charge in [0, 0.05) is 25.5 Å². The molecule has 3 heterocycles. The van der Waals surface area contributed by atoms with Crippen LogP contribution in [-0.4, -0.2) is 94.9 Å². The second kappa shape index (κ2) is 8.81. The Kier molecular flexibility index (Phi) is 6.04. The lowest BCUT2D eigenvalue weighted by molar-refractivity contribution is -0.273. The highest BCUT2D eigenvalue weighted by molar-refractivity contribution is 5.94. The van der Waals surface area contributed by atoms with E-state index >= 15 is 0 Å². The van der Waals surface area contributed by atoms with E-state index in [1.807, 2.05) is 6.92 Å². The summed E-state index contributed by atoms with van der Waals surface area (Å²) in [5.74, 6) is -1.55. The molecule has 0 amide bonds. The third-order valence-corrected chi connectivity index (χ3v) is 12.4. The van der Waals surface area contributed by atoms with Crippen LogP contribution in [0.5, 0.6) is 0 Å². The van der Waals surface area contributed by atoms with Crippen LogP contribution in [0.25, 0.3) is 0 Å². The number of hydrogen-bond donors (Lipinski definition) is 3. The molecule has 14 unspecified atom stereocenters. The van der Waals surface area contributed by atoms with E-state index in [9.17, 15) is 24.9 Å². The van der Waals surface area contributed by atoms with Crippen molar-refractivity contribution in [3.8, 4) is 0 Å². The maximum absolute atomic E-state index is 14.2. The van der Waals surface area contributed by atoms with Crippen molar-refractivity contribution in [3.05, 3.63) is 11.6 Å². The molecule has 4 aliphatic carbocycles. The summed E-state index contributed by atoms with van der Waals surface area (Å²) in [6.45, 7) is 5.85. The zero-order chi connectivity index (χ0) is 28.4. The van der Waals surface area contributed by atoms with Crippen LogP contribution in [0.15, 0.2) is 11.6 Å². The van der Waals surface area contributed by atoms with Crippen molar-refractivity contribution in [1.29, 1.82) is 0 Å². The van der Waals surface area contributed by atoms with E-state index in [2.05, 4.69) is 6.92 Å². The molecule has 0 bridgehead atoms. The Balaban J connectivity index is 1.14. The minimum absolute atomic E-state index is 0.0678. The van der Waals surface area contributed by atoms with Crippen molar-refractivity contribution >= 4 is 11.8 Å². The van der Waals surface area contributed by atoms with Crippen molar-refractivity contribution in [2.75, 3.05) is 13.7 Å². The minimum Gasteiger partial charge on any atom is -0.458 e. The number of carbonyl (C=O) groups is 2. The van der Waals surface area contributed by atoms with Crippen molar-refractivity contribution < 1.29 is 48.6 Å². The standard InChI is InChI=1S/C30H42O10/c1-14-23(32)19(36-4)12-22(38-14)39-17-5-7-27(2)16(10-17)11-20-30(40-20)25(27)24(33)26(34)28(3)18(6-8-29(28,30)35)15-9-21(31)37-13-15/h9,14,16-20,22-25,32-33,35H,5-8,10-13H2,1-4H3. The van der Waals surface area contributed by atoms with E-state index in [1.165, 1.54) is 6.08 Å². The zero-order valence-corrected chi connectivity index (χ0v) is 23.7. The van der Waals surface area contributed by atoms with Crippen molar-refractivity contribution in [3.63, 3.8) is 0 Å². The molecule has 0 aromatic rings. The molecule has 0 aromatic heterocycles. The van der Waals surface area contributed by atoms with Crippen LogP contribution in [0, 0.1) is 28.6 Å². The largest absolute Gasteiger partial charge is 0.458 e. The number of rotatable bonds is 4. The Morgan fingerprint density at radius 2 is 1.85 bits per heavy atom. The molecular formula is C30H42O10. The molecule has 6 fully saturated rings. The molecular weight excluding hydrogens is 520 g/mol. The molecule has 7 rings (SSSR count). The Labute approximate surface area is 234 Å². The summed E-state index contributed by atoms with van der Waals surface area (Å²) in [6.07, 6.45) is 2.20. The molecule has 10 heteroatoms. The number of hydrogen-bond acceptors (Lipinski definition) is 10. The molecule has 4 saturated carbocycles. The molecule has 3 aliphatic heterocycles. The van der Waals surface area contributed by atoms with Gasteiger partial charge in [0.05, 0.1) is 29.8 Å². The number of aliphatic hydroxyl groups is 3. The summed E-state index contributed by atoms with van der Waals surface area (Å²) in [4.78, 5) is 26.0. The minimum atomic E-state index is -1.44. The number of methoxy groups -OCH3 is 1. The summed E-state index contributed by atoms with van der Waals surface area (Å²) in [5, 5.41) is 34.7. The molecule has 10 nitrogen and oxygen atoms in total. The van der Waals surface area contributed by atoms with Gasteiger partial charge in [-0.1, -0.05) is 6.92 Å². The lowest BCUT2D eigenvalue weighted by atomic mass is 9.41. The zero-order valence-electron chi connectivity index (χ0n) is 23.7. The Morgan fingerprint density at radius 3 is 2.55 bits per heavy atom. The first-order valence-corrected chi connectivity index (χ1v) is 14.9. The molecule has 0 aromatic carbocycles. The van der Waals surface area contributed by atoms with Gasteiger partial charge < -0.3 is 39.0 Å². The van der Waals surface area contributed by atoms with Crippen LogP contribution in [0.1, 0.15) is 65.7 Å². The van der Waals surface area contributed by atoms with Gasteiger partial charge in [-0.3, -0.25) is 4.79 Å². The predicted octanol–water partition coefficient (Wildman–Crippen LogP) is 1.42. The molecule has 3 N–H and O–H groups in total. The van der Waals surface area contributed by atoms with E-state index in [0.717, 1.165) is 31.3 Å². The fourth-order valence-corrected chi connectivity index (χ4v) is 10.3. The van der Waals surface area contributed by atoms with Gasteiger partial charge >= 0.3 is 5.97 Å². The number of aliphatic hydroxyl groups excluding tert-OH is 2. The second-order valence-electron chi connectivity index (χ2n) is 13.9. The summed E-state index contributed by atoms with van der Waals surface area (Å²) >= 11 is 0. The SMILES string of the molecule is COC1CC(OC2CCC3(C)C(C2)CC2OC24C3C(O)C(=O)C2(C)C(C3=CC(=O)OC3)CCC24O)OC(C)C1O. The van der Waals surface area contributed by atoms with Gasteiger partial charge in [-0.05, 0) is 75.2 Å². The predicted molar refractivity (Wildman–Crippen MR) is 138 cm³/mol. The lowest BCUT2D eigenvalue weighted by Gasteiger charge is -2.62. The van der Waals surface area contributed by atoms with Gasteiger partial charge in [-0.25, -0.2) is 4.79 Å². The molecule has 7 aliphatic rings. The molecule has 14 atom stereocenters. The fraction of sp³-hybridized carbons (Fsp3) is 0.867. The van der Waals surface area contributed by atoms with Crippen molar-refractivity contribution in [2.45, 2.75) is 120 Å².